The van der Waals surface area contributed by atoms with E-state index in [1.165, 1.54) is 0 Å². The Morgan fingerprint density at radius 2 is 2.00 bits per heavy atom. The van der Waals surface area contributed by atoms with Crippen molar-refractivity contribution in [2.75, 3.05) is 17.1 Å². The van der Waals surface area contributed by atoms with Gasteiger partial charge in [-0.05, 0) is 19.1 Å². The van der Waals surface area contributed by atoms with Crippen LogP contribution in [0, 0.1) is 0 Å². The zero-order valence-corrected chi connectivity index (χ0v) is 15.3. The van der Waals surface area contributed by atoms with E-state index in [1.54, 1.807) is 37.3 Å². The maximum absolute atomic E-state index is 12.4. The number of carbonyl (C=O) groups is 1. The number of rotatable bonds is 8. The summed E-state index contributed by atoms with van der Waals surface area (Å²) in [5.74, 6) is 0.652. The number of aromatic nitrogens is 2. The van der Waals surface area contributed by atoms with Crippen molar-refractivity contribution in [1.82, 2.24) is 15.5 Å². The van der Waals surface area contributed by atoms with Crippen molar-refractivity contribution in [3.05, 3.63) is 42.0 Å². The summed E-state index contributed by atoms with van der Waals surface area (Å²) in [6.45, 7) is 3.74. The third-order valence-corrected chi connectivity index (χ3v) is 4.81. The summed E-state index contributed by atoms with van der Waals surface area (Å²) in [7, 11) is -3.61. The van der Waals surface area contributed by atoms with Crippen molar-refractivity contribution in [1.29, 1.82) is 0 Å². The van der Waals surface area contributed by atoms with Gasteiger partial charge in [0.05, 0.1) is 11.9 Å². The van der Waals surface area contributed by atoms with Crippen molar-refractivity contribution in [2.24, 2.45) is 0 Å². The average molecular weight is 366 g/mol. The smallest absolute Gasteiger partial charge is 0.243 e. The van der Waals surface area contributed by atoms with Crippen molar-refractivity contribution in [3.8, 4) is 0 Å². The summed E-state index contributed by atoms with van der Waals surface area (Å²) >= 11 is 0. The molecule has 0 aliphatic carbocycles. The number of benzene rings is 1. The molecule has 0 fully saturated rings. The predicted molar refractivity (Wildman–Crippen MR) is 93.6 cm³/mol. The summed E-state index contributed by atoms with van der Waals surface area (Å²) in [5.41, 5.74) is 0.442. The van der Waals surface area contributed by atoms with E-state index in [-0.39, 0.29) is 6.54 Å². The molecule has 1 unspecified atom stereocenters. The minimum Gasteiger partial charge on any atom is -0.354 e. The summed E-state index contributed by atoms with van der Waals surface area (Å²) in [6.07, 6.45) is 2.14. The largest absolute Gasteiger partial charge is 0.354 e. The lowest BCUT2D eigenvalue weighted by Gasteiger charge is -2.28. The Kier molecular flexibility index (Phi) is 6.13. The number of hydrogen-bond acceptors (Lipinski definition) is 6. The number of para-hydroxylation sites is 1. The molecule has 9 heteroatoms. The van der Waals surface area contributed by atoms with Gasteiger partial charge in [-0.1, -0.05) is 30.3 Å². The van der Waals surface area contributed by atoms with E-state index in [4.69, 9.17) is 4.52 Å². The topological polar surface area (TPSA) is 105 Å². The van der Waals surface area contributed by atoms with Crippen LogP contribution in [-0.4, -0.2) is 43.3 Å². The van der Waals surface area contributed by atoms with Gasteiger partial charge in [0.2, 0.25) is 21.8 Å². The van der Waals surface area contributed by atoms with E-state index in [9.17, 15) is 13.2 Å². The lowest BCUT2D eigenvalue weighted by molar-refractivity contribution is -0.121. The number of carbonyl (C=O) groups excluding carboxylic acids is 1. The van der Waals surface area contributed by atoms with Gasteiger partial charge < -0.3 is 9.84 Å². The van der Waals surface area contributed by atoms with Crippen molar-refractivity contribution >= 4 is 21.6 Å². The van der Waals surface area contributed by atoms with Crippen LogP contribution < -0.4 is 9.62 Å². The Morgan fingerprint density at radius 3 is 2.56 bits per heavy atom. The van der Waals surface area contributed by atoms with Gasteiger partial charge >= 0.3 is 0 Å². The second-order valence-corrected chi connectivity index (χ2v) is 7.43. The third kappa shape index (κ3) is 5.02. The third-order valence-electron chi connectivity index (χ3n) is 3.56. The molecule has 1 aromatic carbocycles. The molecule has 25 heavy (non-hydrogen) atoms. The molecular weight excluding hydrogens is 344 g/mol. The molecular formula is C16H22N4O4S. The van der Waals surface area contributed by atoms with Crippen LogP contribution in [0.1, 0.15) is 25.6 Å². The molecule has 1 N–H and O–H groups in total. The highest BCUT2D eigenvalue weighted by Crippen LogP contribution is 2.20. The molecule has 2 aromatic rings. The van der Waals surface area contributed by atoms with Crippen LogP contribution in [0.25, 0.3) is 0 Å². The second kappa shape index (κ2) is 8.11. The molecule has 0 saturated heterocycles. The molecule has 0 saturated carbocycles. The highest BCUT2D eigenvalue weighted by Gasteiger charge is 2.28. The number of aryl methyl sites for hydroxylation is 1. The van der Waals surface area contributed by atoms with Crippen LogP contribution in [0.2, 0.25) is 0 Å². The zero-order chi connectivity index (χ0) is 18.4. The number of nitrogens with one attached hydrogen (secondary N) is 1. The second-order valence-electron chi connectivity index (χ2n) is 5.57. The standard InChI is InChI=1S/C16H22N4O4S/c1-4-14-18-15(24-19-14)10-11-17-16(21)12(2)20(25(3,22)23)13-8-6-5-7-9-13/h5-9,12H,4,10-11H2,1-3H3,(H,17,21). The van der Waals surface area contributed by atoms with Gasteiger partial charge in [-0.3, -0.25) is 9.10 Å². The van der Waals surface area contributed by atoms with Crippen molar-refractivity contribution in [2.45, 2.75) is 32.7 Å². The normalized spacial score (nSPS) is 12.6. The molecule has 0 aliphatic heterocycles. The zero-order valence-electron chi connectivity index (χ0n) is 14.5. The van der Waals surface area contributed by atoms with E-state index in [1.807, 2.05) is 6.92 Å². The fourth-order valence-electron chi connectivity index (χ4n) is 2.36. The molecule has 136 valence electrons. The fraction of sp³-hybridized carbons (Fsp3) is 0.438. The quantitative estimate of drug-likeness (QED) is 0.751. The summed E-state index contributed by atoms with van der Waals surface area (Å²) in [6, 6.07) is 7.64. The molecule has 1 amide bonds. The van der Waals surface area contributed by atoms with E-state index in [0.29, 0.717) is 30.2 Å². The molecule has 1 heterocycles. The summed E-state index contributed by atoms with van der Waals surface area (Å²) < 4.78 is 30.4. The molecule has 0 spiro atoms. The highest BCUT2D eigenvalue weighted by atomic mass is 32.2. The van der Waals surface area contributed by atoms with Gasteiger partial charge in [0, 0.05) is 19.4 Å². The molecule has 0 bridgehead atoms. The minimum absolute atomic E-state index is 0.279. The Balaban J connectivity index is 2.01. The van der Waals surface area contributed by atoms with Crippen LogP contribution in [0.5, 0.6) is 0 Å². The molecule has 0 radical (unpaired) electrons. The van der Waals surface area contributed by atoms with Crippen LogP contribution >= 0.6 is 0 Å². The Bertz CT molecular complexity index is 805. The Morgan fingerprint density at radius 1 is 1.32 bits per heavy atom. The highest BCUT2D eigenvalue weighted by molar-refractivity contribution is 7.92. The monoisotopic (exact) mass is 366 g/mol. The number of amides is 1. The molecule has 1 atom stereocenters. The fourth-order valence-corrected chi connectivity index (χ4v) is 3.53. The predicted octanol–water partition coefficient (Wildman–Crippen LogP) is 1.15. The van der Waals surface area contributed by atoms with Crippen LogP contribution in [0.15, 0.2) is 34.9 Å². The first kappa shape index (κ1) is 18.9. The van der Waals surface area contributed by atoms with Gasteiger partial charge in [0.1, 0.15) is 6.04 Å². The first-order valence-corrected chi connectivity index (χ1v) is 9.81. The Labute approximate surface area is 147 Å². The first-order chi connectivity index (χ1) is 11.8. The van der Waals surface area contributed by atoms with Crippen LogP contribution in [0.3, 0.4) is 0 Å². The average Bonchev–Trinajstić information content (AvgIpc) is 3.02. The number of anilines is 1. The SMILES string of the molecule is CCc1noc(CCNC(=O)C(C)N(c2ccccc2)S(C)(=O)=O)n1. The summed E-state index contributed by atoms with van der Waals surface area (Å²) in [5, 5.41) is 6.49. The van der Waals surface area contributed by atoms with Gasteiger partial charge in [-0.15, -0.1) is 0 Å². The Hall–Kier alpha value is -2.42. The maximum Gasteiger partial charge on any atom is 0.243 e. The lowest BCUT2D eigenvalue weighted by Crippen LogP contribution is -2.48. The number of hydrogen-bond donors (Lipinski definition) is 1. The summed E-state index contributed by atoms with van der Waals surface area (Å²) in [4.78, 5) is 16.5. The molecule has 1 aromatic heterocycles. The minimum atomic E-state index is -3.61. The van der Waals surface area contributed by atoms with Gasteiger partial charge in [0.15, 0.2) is 5.82 Å². The van der Waals surface area contributed by atoms with Gasteiger partial charge in [-0.2, -0.15) is 4.98 Å². The van der Waals surface area contributed by atoms with Crippen LogP contribution in [-0.2, 0) is 27.7 Å². The number of nitrogens with zero attached hydrogens (tertiary/aromatic N) is 3. The first-order valence-electron chi connectivity index (χ1n) is 7.96. The maximum atomic E-state index is 12.4. The van der Waals surface area contributed by atoms with E-state index in [0.717, 1.165) is 10.6 Å². The number of sulfonamides is 1. The lowest BCUT2D eigenvalue weighted by atomic mass is 10.2. The van der Waals surface area contributed by atoms with E-state index < -0.39 is 22.0 Å². The van der Waals surface area contributed by atoms with Gasteiger partial charge in [-0.25, -0.2) is 8.42 Å². The molecule has 2 rings (SSSR count). The molecule has 0 aliphatic rings. The van der Waals surface area contributed by atoms with E-state index >= 15 is 0 Å². The molecule has 8 nitrogen and oxygen atoms in total. The van der Waals surface area contributed by atoms with Crippen LogP contribution in [0.4, 0.5) is 5.69 Å². The van der Waals surface area contributed by atoms with Crippen molar-refractivity contribution in [3.63, 3.8) is 0 Å². The van der Waals surface area contributed by atoms with E-state index in [2.05, 4.69) is 15.5 Å². The van der Waals surface area contributed by atoms with Crippen molar-refractivity contribution < 1.29 is 17.7 Å². The van der Waals surface area contributed by atoms with Gasteiger partial charge in [0.25, 0.3) is 0 Å².